The molecule has 0 N–H and O–H groups in total. The predicted molar refractivity (Wildman–Crippen MR) is 133 cm³/mol. The number of anilines is 1. The number of hydrogen-bond acceptors (Lipinski definition) is 4. The molecule has 1 aliphatic rings. The smallest absolute Gasteiger partial charge is 0.186 e. The summed E-state index contributed by atoms with van der Waals surface area (Å²) in [5, 5.41) is 1.58. The van der Waals surface area contributed by atoms with Crippen LogP contribution < -0.4 is 9.64 Å². The van der Waals surface area contributed by atoms with Crippen LogP contribution in [0.4, 0.5) is 9.52 Å². The van der Waals surface area contributed by atoms with Gasteiger partial charge in [-0.05, 0) is 74.9 Å². The Morgan fingerprint density at radius 3 is 2.56 bits per heavy atom. The molecule has 0 radical (unpaired) electrons. The molecule has 1 atom stereocenters. The number of nitrogens with zero attached hydrogens (tertiary/aromatic N) is 2. The lowest BCUT2D eigenvalue weighted by atomic mass is 9.98. The van der Waals surface area contributed by atoms with Crippen LogP contribution in [0.25, 0.3) is 11.3 Å². The third-order valence-corrected chi connectivity index (χ3v) is 7.64. The summed E-state index contributed by atoms with van der Waals surface area (Å²) in [6.45, 7) is 8.85. The van der Waals surface area contributed by atoms with Gasteiger partial charge in [0.1, 0.15) is 11.6 Å². The summed E-state index contributed by atoms with van der Waals surface area (Å²) in [5.74, 6) is 1.33. The lowest BCUT2D eigenvalue weighted by Gasteiger charge is -2.31. The first kappa shape index (κ1) is 23.1. The monoisotopic (exact) mass is 472 g/mol. The number of hydrogen-bond donors (Lipinski definition) is 0. The van der Waals surface area contributed by atoms with E-state index in [9.17, 15) is 4.39 Å². The SMILES string of the molecule is CCN(c1nc(-c2cc(C)c(OC)cc2Cl)c(C)s1)[C@@H](CC1CC1)c1ccc(C)c(F)c1. The summed E-state index contributed by atoms with van der Waals surface area (Å²) in [6, 6.07) is 9.66. The van der Waals surface area contributed by atoms with Crippen LogP contribution in [0.3, 0.4) is 0 Å². The molecule has 1 aromatic heterocycles. The molecule has 32 heavy (non-hydrogen) atoms. The molecule has 170 valence electrons. The van der Waals surface area contributed by atoms with Crippen molar-refractivity contribution in [1.82, 2.24) is 4.98 Å². The quantitative estimate of drug-likeness (QED) is 0.333. The maximum Gasteiger partial charge on any atom is 0.186 e. The maximum absolute atomic E-state index is 14.4. The Hall–Kier alpha value is -2.11. The van der Waals surface area contributed by atoms with Crippen molar-refractivity contribution < 1.29 is 9.13 Å². The number of methoxy groups -OCH3 is 1. The van der Waals surface area contributed by atoms with Crippen molar-refractivity contribution in [1.29, 1.82) is 0 Å². The lowest BCUT2D eigenvalue weighted by Crippen LogP contribution is -2.29. The molecule has 3 nitrogen and oxygen atoms in total. The highest BCUT2D eigenvalue weighted by molar-refractivity contribution is 7.16. The van der Waals surface area contributed by atoms with Gasteiger partial charge in [-0.15, -0.1) is 11.3 Å². The van der Waals surface area contributed by atoms with Crippen molar-refractivity contribution in [3.63, 3.8) is 0 Å². The molecule has 0 bridgehead atoms. The van der Waals surface area contributed by atoms with Crippen molar-refractivity contribution in [2.45, 2.75) is 53.0 Å². The van der Waals surface area contributed by atoms with E-state index in [2.05, 4.69) is 24.8 Å². The number of thiazole rings is 1. The largest absolute Gasteiger partial charge is 0.496 e. The summed E-state index contributed by atoms with van der Waals surface area (Å²) < 4.78 is 19.8. The van der Waals surface area contributed by atoms with Crippen LogP contribution in [0.15, 0.2) is 30.3 Å². The molecule has 0 amide bonds. The molecule has 6 heteroatoms. The summed E-state index contributed by atoms with van der Waals surface area (Å²) in [7, 11) is 1.65. The van der Waals surface area contributed by atoms with Gasteiger partial charge in [0.25, 0.3) is 0 Å². The molecule has 0 aliphatic heterocycles. The minimum Gasteiger partial charge on any atom is -0.496 e. The van der Waals surface area contributed by atoms with Gasteiger partial charge < -0.3 is 9.64 Å². The van der Waals surface area contributed by atoms with E-state index >= 15 is 0 Å². The van der Waals surface area contributed by atoms with Gasteiger partial charge in [-0.25, -0.2) is 9.37 Å². The predicted octanol–water partition coefficient (Wildman–Crippen LogP) is 7.90. The Kier molecular flexibility index (Phi) is 6.78. The summed E-state index contributed by atoms with van der Waals surface area (Å²) in [6.07, 6.45) is 3.53. The van der Waals surface area contributed by atoms with Gasteiger partial charge in [-0.2, -0.15) is 0 Å². The molecule has 2 aromatic carbocycles. The van der Waals surface area contributed by atoms with E-state index in [4.69, 9.17) is 21.3 Å². The summed E-state index contributed by atoms with van der Waals surface area (Å²) >= 11 is 8.28. The van der Waals surface area contributed by atoms with Crippen LogP contribution in [-0.4, -0.2) is 18.6 Å². The van der Waals surface area contributed by atoms with Crippen LogP contribution >= 0.6 is 22.9 Å². The number of benzene rings is 2. The first-order chi connectivity index (χ1) is 15.3. The van der Waals surface area contributed by atoms with Crippen molar-refractivity contribution in [3.05, 3.63) is 62.7 Å². The van der Waals surface area contributed by atoms with Gasteiger partial charge in [-0.3, -0.25) is 0 Å². The van der Waals surface area contributed by atoms with Gasteiger partial charge in [-0.1, -0.05) is 36.6 Å². The number of rotatable bonds is 8. The number of aromatic nitrogens is 1. The molecule has 1 fully saturated rings. The topological polar surface area (TPSA) is 25.4 Å². The van der Waals surface area contributed by atoms with Crippen molar-refractivity contribution in [2.75, 3.05) is 18.6 Å². The second kappa shape index (κ2) is 9.40. The summed E-state index contributed by atoms with van der Waals surface area (Å²) in [5.41, 5.74) is 4.55. The van der Waals surface area contributed by atoms with E-state index in [1.807, 2.05) is 32.0 Å². The molecule has 1 heterocycles. The Labute approximate surface area is 199 Å². The first-order valence-corrected chi connectivity index (χ1v) is 12.4. The van der Waals surface area contributed by atoms with Gasteiger partial charge in [0.15, 0.2) is 5.13 Å². The Morgan fingerprint density at radius 2 is 1.94 bits per heavy atom. The zero-order valence-electron chi connectivity index (χ0n) is 19.3. The van der Waals surface area contributed by atoms with E-state index < -0.39 is 0 Å². The van der Waals surface area contributed by atoms with Crippen molar-refractivity contribution >= 4 is 28.1 Å². The molecule has 0 unspecified atom stereocenters. The molecule has 0 spiro atoms. The third-order valence-electron chi connectivity index (χ3n) is 6.32. The Morgan fingerprint density at radius 1 is 1.19 bits per heavy atom. The minimum atomic E-state index is -0.143. The fourth-order valence-corrected chi connectivity index (χ4v) is 5.52. The van der Waals surface area contributed by atoms with Gasteiger partial charge in [0.2, 0.25) is 0 Å². The van der Waals surface area contributed by atoms with Gasteiger partial charge >= 0.3 is 0 Å². The van der Waals surface area contributed by atoms with E-state index in [1.54, 1.807) is 24.5 Å². The standard InChI is InChI=1S/C26H30ClFN2OS/c1-6-30(23(12-18-8-9-18)19-10-7-15(2)22(28)13-19)26-29-25(17(4)32-26)20-11-16(3)24(31-5)14-21(20)27/h7,10-11,13-14,18,23H,6,8-9,12H2,1-5H3/t23-/m0/s1. The van der Waals surface area contributed by atoms with E-state index in [-0.39, 0.29) is 11.9 Å². The second-order valence-electron chi connectivity index (χ2n) is 8.69. The molecule has 3 aromatic rings. The highest BCUT2D eigenvalue weighted by atomic mass is 35.5. The van der Waals surface area contributed by atoms with Crippen LogP contribution in [0, 0.1) is 32.5 Å². The highest BCUT2D eigenvalue weighted by Gasteiger charge is 2.31. The van der Waals surface area contributed by atoms with Crippen LogP contribution in [0.2, 0.25) is 5.02 Å². The Balaban J connectivity index is 1.73. The van der Waals surface area contributed by atoms with E-state index in [1.165, 1.54) is 12.8 Å². The molecule has 1 aliphatic carbocycles. The zero-order valence-corrected chi connectivity index (χ0v) is 20.9. The average molecular weight is 473 g/mol. The number of ether oxygens (including phenoxy) is 1. The molecular formula is C26H30ClFN2OS. The fraction of sp³-hybridized carbons (Fsp3) is 0.423. The zero-order chi connectivity index (χ0) is 23.0. The van der Waals surface area contributed by atoms with E-state index in [0.717, 1.165) is 51.1 Å². The minimum absolute atomic E-state index is 0.106. The van der Waals surface area contributed by atoms with E-state index in [0.29, 0.717) is 16.5 Å². The highest BCUT2D eigenvalue weighted by Crippen LogP contribution is 2.44. The lowest BCUT2D eigenvalue weighted by molar-refractivity contribution is 0.412. The third kappa shape index (κ3) is 4.65. The second-order valence-corrected chi connectivity index (χ2v) is 10.3. The molecule has 1 saturated carbocycles. The molecule has 4 rings (SSSR count). The first-order valence-electron chi connectivity index (χ1n) is 11.2. The fourth-order valence-electron chi connectivity index (χ4n) is 4.24. The number of halogens is 2. The summed E-state index contributed by atoms with van der Waals surface area (Å²) in [4.78, 5) is 8.49. The van der Waals surface area contributed by atoms with Crippen molar-refractivity contribution in [3.8, 4) is 17.0 Å². The van der Waals surface area contributed by atoms with Gasteiger partial charge in [0.05, 0.1) is 23.9 Å². The molecule has 0 saturated heterocycles. The Bertz CT molecular complexity index is 1130. The number of aryl methyl sites for hydroxylation is 3. The van der Waals surface area contributed by atoms with Crippen molar-refractivity contribution in [2.24, 2.45) is 5.92 Å². The van der Waals surface area contributed by atoms with Crippen LogP contribution in [0.5, 0.6) is 5.75 Å². The average Bonchev–Trinajstić information content (AvgIpc) is 3.51. The normalized spacial score (nSPS) is 14.5. The van der Waals surface area contributed by atoms with Crippen LogP contribution in [-0.2, 0) is 0 Å². The maximum atomic E-state index is 14.4. The van der Waals surface area contributed by atoms with Gasteiger partial charge in [0, 0.05) is 17.0 Å². The molecular weight excluding hydrogens is 443 g/mol. The van der Waals surface area contributed by atoms with Crippen LogP contribution in [0.1, 0.15) is 53.8 Å².